The third-order valence-electron chi connectivity index (χ3n) is 6.37. The van der Waals surface area contributed by atoms with Crippen LogP contribution in [-0.2, 0) is 27.0 Å². The van der Waals surface area contributed by atoms with E-state index in [2.05, 4.69) is 0 Å². The van der Waals surface area contributed by atoms with Crippen LogP contribution in [0, 0.1) is 5.92 Å². The van der Waals surface area contributed by atoms with Crippen molar-refractivity contribution in [3.8, 4) is 0 Å². The molecule has 36 heavy (non-hydrogen) atoms. The monoisotopic (exact) mass is 555 g/mol. The minimum Gasteiger partial charge on any atom is -0.311 e. The van der Waals surface area contributed by atoms with Crippen molar-refractivity contribution in [3.63, 3.8) is 0 Å². The number of alkyl halides is 6. The van der Waals surface area contributed by atoms with Gasteiger partial charge in [-0.2, -0.15) is 26.3 Å². The minimum absolute atomic E-state index is 0. The highest BCUT2D eigenvalue weighted by molar-refractivity contribution is 7.98. The van der Waals surface area contributed by atoms with Crippen LogP contribution in [0.3, 0.4) is 0 Å². The van der Waals surface area contributed by atoms with Crippen molar-refractivity contribution in [1.82, 2.24) is 0 Å². The highest BCUT2D eigenvalue weighted by atomic mass is 32.2. The lowest BCUT2D eigenvalue weighted by Gasteiger charge is -2.40. The molecule has 2 aromatic rings. The number of thioether (sulfide) groups is 1. The van der Waals surface area contributed by atoms with Gasteiger partial charge in [0.2, 0.25) is 5.91 Å². The number of sulfone groups is 1. The summed E-state index contributed by atoms with van der Waals surface area (Å²) in [6, 6.07) is 6.54. The summed E-state index contributed by atoms with van der Waals surface area (Å²) >= 11 is 1.05. The van der Waals surface area contributed by atoms with E-state index in [1.165, 1.54) is 24.8 Å². The number of piperidine rings is 1. The zero-order valence-corrected chi connectivity index (χ0v) is 20.6. The van der Waals surface area contributed by atoms with Crippen LogP contribution >= 0.6 is 11.8 Å². The summed E-state index contributed by atoms with van der Waals surface area (Å²) in [5, 5.41) is 0. The largest absolute Gasteiger partial charge is 0.416 e. The van der Waals surface area contributed by atoms with E-state index < -0.39 is 54.8 Å². The quantitative estimate of drug-likeness (QED) is 0.292. The van der Waals surface area contributed by atoms with Crippen LogP contribution in [0.4, 0.5) is 32.0 Å². The van der Waals surface area contributed by atoms with Gasteiger partial charge in [0.05, 0.1) is 26.5 Å². The van der Waals surface area contributed by atoms with E-state index >= 15 is 0 Å². The molecule has 1 heterocycles. The summed E-state index contributed by atoms with van der Waals surface area (Å²) in [6.45, 7) is 2.81. The average Bonchev–Trinajstić information content (AvgIpc) is 2.77. The van der Waals surface area contributed by atoms with Crippen LogP contribution in [0.5, 0.6) is 0 Å². The molecule has 0 N–H and O–H groups in total. The molecule has 1 aliphatic heterocycles. The van der Waals surface area contributed by atoms with Gasteiger partial charge in [-0.05, 0) is 68.8 Å². The Hall–Kier alpha value is -2.21. The van der Waals surface area contributed by atoms with E-state index in [9.17, 15) is 39.6 Å². The Balaban J connectivity index is 0.00000456. The summed E-state index contributed by atoms with van der Waals surface area (Å²) in [4.78, 5) is 14.1. The molecule has 12 heteroatoms. The Morgan fingerprint density at radius 2 is 1.53 bits per heavy atom. The molecule has 1 fully saturated rings. The van der Waals surface area contributed by atoms with Gasteiger partial charge >= 0.3 is 12.4 Å². The predicted molar refractivity (Wildman–Crippen MR) is 128 cm³/mol. The topological polar surface area (TPSA) is 54.5 Å². The third-order valence-corrected chi connectivity index (χ3v) is 9.73. The summed E-state index contributed by atoms with van der Waals surface area (Å²) in [5.41, 5.74) is -1.64. The first-order valence-corrected chi connectivity index (χ1v) is 13.2. The summed E-state index contributed by atoms with van der Waals surface area (Å²) < 4.78 is 104. The maximum Gasteiger partial charge on any atom is 0.416 e. The van der Waals surface area contributed by atoms with Crippen molar-refractivity contribution in [2.75, 3.05) is 17.7 Å². The lowest BCUT2D eigenvalue weighted by atomic mass is 9.85. The highest BCUT2D eigenvalue weighted by Crippen LogP contribution is 2.42. The molecule has 0 aliphatic carbocycles. The zero-order valence-electron chi connectivity index (χ0n) is 19.0. The fraction of sp³-hybridized carbons (Fsp3) is 0.458. The van der Waals surface area contributed by atoms with Crippen LogP contribution in [0.25, 0.3) is 0 Å². The number of halogens is 6. The number of hydrogen-bond donors (Lipinski definition) is 0. The molecular formula is C24H27F6NO3S2. The SMILES string of the molecule is C.CSc1cc(C(F)(F)F)ccc1N1CC[C@H](C(C)(C)S(=O)(=O)c2cccc(C(F)(F)F)c2)CC1=O. The molecule has 0 spiro atoms. The molecule has 2 aromatic carbocycles. The first-order valence-electron chi connectivity index (χ1n) is 10.5. The maximum atomic E-state index is 13.3. The molecule has 0 saturated carbocycles. The standard InChI is InChI=1S/C23H23F6NO3S2.CH4/c1-21(2,35(32,33)17-6-4-5-15(11-17)22(24,25)26)14-9-10-30(20(31)13-14)18-8-7-16(23(27,28)29)12-19(18)34-3;/h4-8,11-12,14H,9-10,13H2,1-3H3;1H4/t14-;/m0./s1. The third kappa shape index (κ3) is 5.69. The normalized spacial score (nSPS) is 17.6. The van der Waals surface area contributed by atoms with E-state index in [4.69, 9.17) is 0 Å². The molecule has 1 atom stereocenters. The zero-order chi connectivity index (χ0) is 26.4. The Kier molecular flexibility index (Phi) is 8.57. The Labute approximate surface area is 211 Å². The second-order valence-electron chi connectivity index (χ2n) is 8.75. The lowest BCUT2D eigenvalue weighted by Crippen LogP contribution is -2.48. The number of benzene rings is 2. The van der Waals surface area contributed by atoms with Crippen LogP contribution in [0.2, 0.25) is 0 Å². The van der Waals surface area contributed by atoms with E-state index in [0.29, 0.717) is 11.8 Å². The predicted octanol–water partition coefficient (Wildman–Crippen LogP) is 7.08. The number of carbonyl (C=O) groups excluding carboxylic acids is 1. The van der Waals surface area contributed by atoms with Crippen LogP contribution < -0.4 is 4.90 Å². The van der Waals surface area contributed by atoms with E-state index in [-0.39, 0.29) is 31.7 Å². The molecule has 1 amide bonds. The fourth-order valence-electron chi connectivity index (χ4n) is 4.12. The number of hydrogen-bond acceptors (Lipinski definition) is 4. The summed E-state index contributed by atoms with van der Waals surface area (Å²) in [5.74, 6) is -1.18. The van der Waals surface area contributed by atoms with Crippen LogP contribution in [0.1, 0.15) is 45.2 Å². The smallest absolute Gasteiger partial charge is 0.311 e. The van der Waals surface area contributed by atoms with Crippen molar-refractivity contribution in [1.29, 1.82) is 0 Å². The van der Waals surface area contributed by atoms with E-state index in [1.807, 2.05) is 0 Å². The molecular weight excluding hydrogens is 528 g/mol. The minimum atomic E-state index is -4.71. The maximum absolute atomic E-state index is 13.3. The van der Waals surface area contributed by atoms with Crippen LogP contribution in [-0.4, -0.2) is 31.9 Å². The van der Waals surface area contributed by atoms with Crippen LogP contribution in [0.15, 0.2) is 52.3 Å². The number of carbonyl (C=O) groups is 1. The van der Waals surface area contributed by atoms with Gasteiger partial charge in [-0.1, -0.05) is 13.5 Å². The van der Waals surface area contributed by atoms with Gasteiger partial charge in [-0.15, -0.1) is 11.8 Å². The Bertz CT molecular complexity index is 1220. The molecule has 1 saturated heterocycles. The molecule has 0 radical (unpaired) electrons. The molecule has 0 aromatic heterocycles. The summed E-state index contributed by atoms with van der Waals surface area (Å²) in [7, 11) is -4.26. The Morgan fingerprint density at radius 1 is 0.944 bits per heavy atom. The highest BCUT2D eigenvalue weighted by Gasteiger charge is 2.46. The molecule has 4 nitrogen and oxygen atoms in total. The van der Waals surface area contributed by atoms with E-state index in [0.717, 1.165) is 42.1 Å². The van der Waals surface area contributed by atoms with Gasteiger partial charge in [0.25, 0.3) is 0 Å². The van der Waals surface area contributed by atoms with Gasteiger partial charge in [-0.3, -0.25) is 4.79 Å². The molecule has 200 valence electrons. The second-order valence-corrected chi connectivity index (χ2v) is 12.1. The fourth-order valence-corrected chi connectivity index (χ4v) is 6.54. The first kappa shape index (κ1) is 30.0. The molecule has 0 bridgehead atoms. The van der Waals surface area contributed by atoms with Gasteiger partial charge in [0.1, 0.15) is 0 Å². The molecule has 3 rings (SSSR count). The average molecular weight is 556 g/mol. The Morgan fingerprint density at radius 3 is 2.06 bits per heavy atom. The van der Waals surface area contributed by atoms with Gasteiger partial charge in [-0.25, -0.2) is 8.42 Å². The lowest BCUT2D eigenvalue weighted by molar-refractivity contribution is -0.138. The van der Waals surface area contributed by atoms with Crippen molar-refractivity contribution >= 4 is 33.2 Å². The van der Waals surface area contributed by atoms with Crippen molar-refractivity contribution in [2.24, 2.45) is 5.92 Å². The van der Waals surface area contributed by atoms with Crippen molar-refractivity contribution in [3.05, 3.63) is 53.6 Å². The number of anilines is 1. The van der Waals surface area contributed by atoms with Gasteiger partial charge < -0.3 is 4.90 Å². The number of rotatable bonds is 5. The van der Waals surface area contributed by atoms with Crippen molar-refractivity contribution in [2.45, 2.75) is 61.0 Å². The van der Waals surface area contributed by atoms with E-state index in [1.54, 1.807) is 6.26 Å². The number of nitrogens with zero attached hydrogens (tertiary/aromatic N) is 1. The van der Waals surface area contributed by atoms with Crippen molar-refractivity contribution < 1.29 is 39.6 Å². The van der Waals surface area contributed by atoms with Gasteiger partial charge in [0.15, 0.2) is 9.84 Å². The van der Waals surface area contributed by atoms with Gasteiger partial charge in [0, 0.05) is 17.9 Å². The molecule has 0 unspecified atom stereocenters. The second kappa shape index (κ2) is 10.3. The summed E-state index contributed by atoms with van der Waals surface area (Å²) in [6.07, 6.45) is -7.69. The molecule has 1 aliphatic rings. The first-order chi connectivity index (χ1) is 16.0. The number of amides is 1.